The van der Waals surface area contributed by atoms with Crippen LogP contribution >= 0.6 is 27.3 Å². The highest BCUT2D eigenvalue weighted by atomic mass is 79.9. The normalized spacial score (nSPS) is 11.6. The van der Waals surface area contributed by atoms with Crippen LogP contribution in [0.3, 0.4) is 0 Å². The summed E-state index contributed by atoms with van der Waals surface area (Å²) >= 11 is 4.81. The van der Waals surface area contributed by atoms with E-state index in [1.54, 1.807) is 0 Å². The van der Waals surface area contributed by atoms with Gasteiger partial charge < -0.3 is 11.1 Å². The zero-order chi connectivity index (χ0) is 14.0. The third-order valence-corrected chi connectivity index (χ3v) is 3.87. The third kappa shape index (κ3) is 3.84. The summed E-state index contributed by atoms with van der Waals surface area (Å²) in [6, 6.07) is 5.50. The zero-order valence-electron chi connectivity index (χ0n) is 9.46. The predicted molar refractivity (Wildman–Crippen MR) is 73.0 cm³/mol. The number of anilines is 2. The molecular weight excluding hydrogens is 343 g/mol. The molecule has 2 aromatic heterocycles. The molecule has 2 heterocycles. The molecule has 0 aliphatic rings. The summed E-state index contributed by atoms with van der Waals surface area (Å²) in [5, 5.41) is 2.83. The van der Waals surface area contributed by atoms with Gasteiger partial charge in [0.1, 0.15) is 11.6 Å². The molecule has 0 saturated heterocycles. The number of nitrogens with zero attached hydrogens (tertiary/aromatic N) is 1. The van der Waals surface area contributed by atoms with E-state index in [1.807, 2.05) is 12.1 Å². The Hall–Kier alpha value is -1.28. The van der Waals surface area contributed by atoms with Crippen LogP contribution in [0.4, 0.5) is 24.8 Å². The SMILES string of the molecule is Nc1cc(C(F)(F)F)cc(NCc2ccc(Br)s2)n1. The second-order valence-electron chi connectivity index (χ2n) is 3.72. The van der Waals surface area contributed by atoms with E-state index in [0.29, 0.717) is 6.54 Å². The van der Waals surface area contributed by atoms with E-state index in [2.05, 4.69) is 26.2 Å². The van der Waals surface area contributed by atoms with Crippen LogP contribution in [-0.2, 0) is 12.7 Å². The van der Waals surface area contributed by atoms with Crippen LogP contribution in [0, 0.1) is 0 Å². The zero-order valence-corrected chi connectivity index (χ0v) is 11.9. The van der Waals surface area contributed by atoms with E-state index >= 15 is 0 Å². The lowest BCUT2D eigenvalue weighted by Crippen LogP contribution is -2.09. The summed E-state index contributed by atoms with van der Waals surface area (Å²) in [6.45, 7) is 0.393. The van der Waals surface area contributed by atoms with Crippen molar-refractivity contribution < 1.29 is 13.2 Å². The first-order chi connectivity index (χ1) is 8.84. The minimum Gasteiger partial charge on any atom is -0.384 e. The summed E-state index contributed by atoms with van der Waals surface area (Å²) < 4.78 is 38.8. The largest absolute Gasteiger partial charge is 0.416 e. The summed E-state index contributed by atoms with van der Waals surface area (Å²) in [7, 11) is 0. The third-order valence-electron chi connectivity index (χ3n) is 2.25. The van der Waals surface area contributed by atoms with Gasteiger partial charge in [0, 0.05) is 4.88 Å². The number of thiophene rings is 1. The maximum atomic E-state index is 12.6. The summed E-state index contributed by atoms with van der Waals surface area (Å²) in [5.74, 6) is -0.0541. The highest BCUT2D eigenvalue weighted by molar-refractivity contribution is 9.11. The average molecular weight is 352 g/mol. The Labute approximate surface area is 119 Å². The summed E-state index contributed by atoms with van der Waals surface area (Å²) in [5.41, 5.74) is 4.56. The Bertz CT molecular complexity index is 583. The summed E-state index contributed by atoms with van der Waals surface area (Å²) in [4.78, 5) is 4.81. The molecule has 0 aliphatic carbocycles. The van der Waals surface area contributed by atoms with Gasteiger partial charge in [-0.1, -0.05) is 0 Å². The molecule has 0 saturated carbocycles. The maximum Gasteiger partial charge on any atom is 0.416 e. The predicted octanol–water partition coefficient (Wildman–Crippen LogP) is 4.12. The molecule has 0 amide bonds. The van der Waals surface area contributed by atoms with Gasteiger partial charge in [0.2, 0.25) is 0 Å². The number of nitrogens with one attached hydrogen (secondary N) is 1. The molecular formula is C11H9BrF3N3S. The Kier molecular flexibility index (Phi) is 4.00. The minimum absolute atomic E-state index is 0.108. The van der Waals surface area contributed by atoms with Crippen molar-refractivity contribution in [1.82, 2.24) is 4.98 Å². The van der Waals surface area contributed by atoms with Crippen molar-refractivity contribution in [1.29, 1.82) is 0 Å². The Morgan fingerprint density at radius 1 is 1.32 bits per heavy atom. The van der Waals surface area contributed by atoms with Crippen molar-refractivity contribution in [2.75, 3.05) is 11.1 Å². The van der Waals surface area contributed by atoms with Crippen LogP contribution in [0.15, 0.2) is 28.1 Å². The molecule has 0 aromatic carbocycles. The molecule has 3 N–H and O–H groups in total. The van der Waals surface area contributed by atoms with E-state index in [1.165, 1.54) is 11.3 Å². The molecule has 0 atom stereocenters. The molecule has 2 aromatic rings. The topological polar surface area (TPSA) is 50.9 Å². The molecule has 102 valence electrons. The van der Waals surface area contributed by atoms with Gasteiger partial charge in [0.05, 0.1) is 15.9 Å². The molecule has 0 aliphatic heterocycles. The minimum atomic E-state index is -4.43. The van der Waals surface area contributed by atoms with Crippen molar-refractivity contribution in [3.8, 4) is 0 Å². The van der Waals surface area contributed by atoms with Crippen molar-refractivity contribution >= 4 is 38.9 Å². The van der Waals surface area contributed by atoms with Crippen LogP contribution in [0.1, 0.15) is 10.4 Å². The van der Waals surface area contributed by atoms with Crippen LogP contribution in [0.5, 0.6) is 0 Å². The standard InChI is InChI=1S/C11H9BrF3N3S/c12-8-2-1-7(19-8)5-17-10-4-6(11(13,14)15)3-9(16)18-10/h1-4H,5H2,(H3,16,17,18). The number of pyridine rings is 1. The first-order valence-corrected chi connectivity index (χ1v) is 6.78. The van der Waals surface area contributed by atoms with E-state index in [-0.39, 0.29) is 11.6 Å². The van der Waals surface area contributed by atoms with Gasteiger partial charge in [0.25, 0.3) is 0 Å². The van der Waals surface area contributed by atoms with Gasteiger partial charge in [-0.3, -0.25) is 0 Å². The number of halogens is 4. The highest BCUT2D eigenvalue weighted by Gasteiger charge is 2.31. The van der Waals surface area contributed by atoms with Gasteiger partial charge in [0.15, 0.2) is 0 Å². The molecule has 0 spiro atoms. The quantitative estimate of drug-likeness (QED) is 0.874. The van der Waals surface area contributed by atoms with Crippen LogP contribution in [0.25, 0.3) is 0 Å². The number of alkyl halides is 3. The van der Waals surface area contributed by atoms with Gasteiger partial charge in [-0.15, -0.1) is 11.3 Å². The second kappa shape index (κ2) is 5.38. The fraction of sp³-hybridized carbons (Fsp3) is 0.182. The summed E-state index contributed by atoms with van der Waals surface area (Å²) in [6.07, 6.45) is -4.43. The molecule has 0 unspecified atom stereocenters. The van der Waals surface area contributed by atoms with E-state index < -0.39 is 11.7 Å². The smallest absolute Gasteiger partial charge is 0.384 e. The average Bonchev–Trinajstić information content (AvgIpc) is 2.71. The fourth-order valence-electron chi connectivity index (χ4n) is 1.43. The number of rotatable bonds is 3. The first-order valence-electron chi connectivity index (χ1n) is 5.17. The van der Waals surface area contributed by atoms with Crippen LogP contribution in [0.2, 0.25) is 0 Å². The van der Waals surface area contributed by atoms with Crippen molar-refractivity contribution in [3.63, 3.8) is 0 Å². The Morgan fingerprint density at radius 3 is 2.63 bits per heavy atom. The van der Waals surface area contributed by atoms with Gasteiger partial charge in [-0.25, -0.2) is 4.98 Å². The first kappa shape index (κ1) is 14.1. The fourth-order valence-corrected chi connectivity index (χ4v) is 2.85. The molecule has 8 heteroatoms. The van der Waals surface area contributed by atoms with Crippen molar-refractivity contribution in [2.45, 2.75) is 12.7 Å². The number of aromatic nitrogens is 1. The van der Waals surface area contributed by atoms with Gasteiger partial charge in [-0.05, 0) is 40.2 Å². The van der Waals surface area contributed by atoms with Crippen LogP contribution in [-0.4, -0.2) is 4.98 Å². The molecule has 0 fully saturated rings. The van der Waals surface area contributed by atoms with Crippen molar-refractivity contribution in [2.24, 2.45) is 0 Å². The monoisotopic (exact) mass is 351 g/mol. The highest BCUT2D eigenvalue weighted by Crippen LogP contribution is 2.31. The number of nitrogens with two attached hydrogens (primary N) is 1. The van der Waals surface area contributed by atoms with Gasteiger partial charge >= 0.3 is 6.18 Å². The molecule has 0 radical (unpaired) electrons. The number of nitrogen functional groups attached to an aromatic ring is 1. The number of hydrogen-bond acceptors (Lipinski definition) is 4. The van der Waals surface area contributed by atoms with E-state index in [9.17, 15) is 13.2 Å². The second-order valence-corrected chi connectivity index (χ2v) is 6.27. The number of hydrogen-bond donors (Lipinski definition) is 2. The lowest BCUT2D eigenvalue weighted by atomic mass is 10.2. The molecule has 3 nitrogen and oxygen atoms in total. The molecule has 2 rings (SSSR count). The lowest BCUT2D eigenvalue weighted by molar-refractivity contribution is -0.137. The van der Waals surface area contributed by atoms with Crippen LogP contribution < -0.4 is 11.1 Å². The maximum absolute atomic E-state index is 12.6. The molecule has 19 heavy (non-hydrogen) atoms. The molecule has 0 bridgehead atoms. The van der Waals surface area contributed by atoms with E-state index in [0.717, 1.165) is 20.8 Å². The lowest BCUT2D eigenvalue weighted by Gasteiger charge is -2.10. The Morgan fingerprint density at radius 2 is 2.05 bits per heavy atom. The van der Waals surface area contributed by atoms with Gasteiger partial charge in [-0.2, -0.15) is 13.2 Å². The Balaban J connectivity index is 2.14. The van der Waals surface area contributed by atoms with E-state index in [4.69, 9.17) is 5.73 Å². The van der Waals surface area contributed by atoms with Crippen molar-refractivity contribution in [3.05, 3.63) is 38.5 Å².